The third-order valence-corrected chi connectivity index (χ3v) is 3.16. The highest BCUT2D eigenvalue weighted by Gasteiger charge is 2.31. The Labute approximate surface area is 78.7 Å². The predicted octanol–water partition coefficient (Wildman–Crippen LogP) is 0.770. The number of rotatable bonds is 1. The van der Waals surface area contributed by atoms with E-state index in [1.807, 2.05) is 4.90 Å². The van der Waals surface area contributed by atoms with Crippen LogP contribution in [-0.2, 0) is 4.79 Å². The Kier molecular flexibility index (Phi) is 2.54. The summed E-state index contributed by atoms with van der Waals surface area (Å²) in [5.41, 5.74) is 0. The van der Waals surface area contributed by atoms with Gasteiger partial charge in [-0.25, -0.2) is 0 Å². The molecule has 1 N–H and O–H groups in total. The van der Waals surface area contributed by atoms with Gasteiger partial charge in [-0.1, -0.05) is 6.42 Å². The minimum atomic E-state index is -0.280. The van der Waals surface area contributed by atoms with Gasteiger partial charge in [-0.15, -0.1) is 0 Å². The Bertz CT molecular complexity index is 201. The Morgan fingerprint density at radius 3 is 2.54 bits per heavy atom. The number of nitrogens with zero attached hydrogens (tertiary/aromatic N) is 1. The van der Waals surface area contributed by atoms with E-state index in [1.54, 1.807) is 0 Å². The summed E-state index contributed by atoms with van der Waals surface area (Å²) in [6.07, 6.45) is 4.86. The second kappa shape index (κ2) is 3.66. The quantitative estimate of drug-likeness (QED) is 0.652. The molecule has 3 nitrogen and oxygen atoms in total. The van der Waals surface area contributed by atoms with Crippen molar-refractivity contribution in [2.24, 2.45) is 5.92 Å². The summed E-state index contributed by atoms with van der Waals surface area (Å²) in [5.74, 6) is 0.565. The van der Waals surface area contributed by atoms with Crippen LogP contribution in [0.3, 0.4) is 0 Å². The van der Waals surface area contributed by atoms with Crippen LogP contribution in [0.4, 0.5) is 0 Å². The Balaban J connectivity index is 1.87. The molecule has 1 saturated carbocycles. The van der Waals surface area contributed by atoms with Crippen molar-refractivity contribution in [3.05, 3.63) is 0 Å². The SMILES string of the molecule is O=C(C1CCC1)N1CCC[C@H](O)C1. The zero-order valence-electron chi connectivity index (χ0n) is 7.91. The molecule has 0 spiro atoms. The molecule has 3 heteroatoms. The maximum atomic E-state index is 11.7. The molecule has 1 saturated heterocycles. The van der Waals surface area contributed by atoms with Gasteiger partial charge in [0, 0.05) is 19.0 Å². The molecule has 1 heterocycles. The summed E-state index contributed by atoms with van der Waals surface area (Å²) in [5, 5.41) is 9.41. The largest absolute Gasteiger partial charge is 0.391 e. The van der Waals surface area contributed by atoms with E-state index >= 15 is 0 Å². The third-order valence-electron chi connectivity index (χ3n) is 3.16. The molecule has 1 aliphatic heterocycles. The van der Waals surface area contributed by atoms with Gasteiger partial charge in [0.2, 0.25) is 5.91 Å². The first-order valence-corrected chi connectivity index (χ1v) is 5.24. The van der Waals surface area contributed by atoms with Crippen LogP contribution in [0.2, 0.25) is 0 Å². The molecule has 0 aromatic heterocycles. The molecule has 74 valence electrons. The number of carbonyl (C=O) groups excluding carboxylic acids is 1. The van der Waals surface area contributed by atoms with Crippen LogP contribution >= 0.6 is 0 Å². The Morgan fingerprint density at radius 2 is 2.00 bits per heavy atom. The van der Waals surface area contributed by atoms with Crippen LogP contribution in [0.1, 0.15) is 32.1 Å². The van der Waals surface area contributed by atoms with E-state index in [2.05, 4.69) is 0 Å². The second-order valence-electron chi connectivity index (χ2n) is 4.21. The number of aliphatic hydroxyl groups excluding tert-OH is 1. The number of likely N-dealkylation sites (tertiary alicyclic amines) is 1. The molecule has 1 amide bonds. The molecule has 2 aliphatic rings. The smallest absolute Gasteiger partial charge is 0.225 e. The molecule has 0 aromatic rings. The van der Waals surface area contributed by atoms with Gasteiger partial charge >= 0.3 is 0 Å². The van der Waals surface area contributed by atoms with Gasteiger partial charge in [0.05, 0.1) is 6.10 Å². The van der Waals surface area contributed by atoms with Crippen molar-refractivity contribution in [2.45, 2.75) is 38.2 Å². The average molecular weight is 183 g/mol. The first-order valence-electron chi connectivity index (χ1n) is 5.24. The van der Waals surface area contributed by atoms with E-state index in [4.69, 9.17) is 0 Å². The number of carbonyl (C=O) groups is 1. The molecule has 0 aromatic carbocycles. The molecular formula is C10H17NO2. The first-order chi connectivity index (χ1) is 6.27. The molecule has 2 rings (SSSR count). The molecule has 0 radical (unpaired) electrons. The van der Waals surface area contributed by atoms with Crippen molar-refractivity contribution in [3.8, 4) is 0 Å². The van der Waals surface area contributed by atoms with Gasteiger partial charge in [-0.05, 0) is 25.7 Å². The maximum Gasteiger partial charge on any atom is 0.225 e. The summed E-state index contributed by atoms with van der Waals surface area (Å²) < 4.78 is 0. The van der Waals surface area contributed by atoms with Gasteiger partial charge in [0.1, 0.15) is 0 Å². The fourth-order valence-electron chi connectivity index (χ4n) is 2.07. The monoisotopic (exact) mass is 183 g/mol. The van der Waals surface area contributed by atoms with E-state index in [9.17, 15) is 9.90 Å². The normalized spacial score (nSPS) is 29.9. The molecular weight excluding hydrogens is 166 g/mol. The predicted molar refractivity (Wildman–Crippen MR) is 49.2 cm³/mol. The summed E-state index contributed by atoms with van der Waals surface area (Å²) in [6.45, 7) is 1.42. The number of β-amino-alcohol motifs (C(OH)–C–C–N with tert-alkyl or cyclic N) is 1. The molecule has 1 atom stereocenters. The second-order valence-corrected chi connectivity index (χ2v) is 4.21. The van der Waals surface area contributed by atoms with Gasteiger partial charge < -0.3 is 10.0 Å². The molecule has 2 fully saturated rings. The lowest BCUT2D eigenvalue weighted by Gasteiger charge is -2.35. The van der Waals surface area contributed by atoms with Crippen LogP contribution in [0.15, 0.2) is 0 Å². The summed E-state index contributed by atoms with van der Waals surface area (Å²) >= 11 is 0. The van der Waals surface area contributed by atoms with Crippen LogP contribution in [-0.4, -0.2) is 35.1 Å². The standard InChI is InChI=1S/C10H17NO2/c12-9-5-2-6-11(7-9)10(13)8-3-1-4-8/h8-9,12H,1-7H2/t9-/m0/s1. The number of amides is 1. The molecule has 13 heavy (non-hydrogen) atoms. The zero-order chi connectivity index (χ0) is 9.26. The van der Waals surface area contributed by atoms with Crippen LogP contribution in [0.25, 0.3) is 0 Å². The van der Waals surface area contributed by atoms with E-state index in [0.717, 1.165) is 32.2 Å². The fourth-order valence-corrected chi connectivity index (χ4v) is 2.07. The lowest BCUT2D eigenvalue weighted by atomic mass is 9.84. The lowest BCUT2D eigenvalue weighted by Crippen LogP contribution is -2.46. The van der Waals surface area contributed by atoms with Crippen LogP contribution in [0, 0.1) is 5.92 Å². The van der Waals surface area contributed by atoms with Crippen molar-refractivity contribution >= 4 is 5.91 Å². The van der Waals surface area contributed by atoms with E-state index < -0.39 is 0 Å². The zero-order valence-corrected chi connectivity index (χ0v) is 7.91. The highest BCUT2D eigenvalue weighted by molar-refractivity contribution is 5.79. The van der Waals surface area contributed by atoms with E-state index in [0.29, 0.717) is 6.54 Å². The number of hydrogen-bond donors (Lipinski definition) is 1. The highest BCUT2D eigenvalue weighted by atomic mass is 16.3. The van der Waals surface area contributed by atoms with Crippen molar-refractivity contribution in [3.63, 3.8) is 0 Å². The van der Waals surface area contributed by atoms with Crippen molar-refractivity contribution in [2.75, 3.05) is 13.1 Å². The maximum absolute atomic E-state index is 11.7. The van der Waals surface area contributed by atoms with Crippen LogP contribution in [0.5, 0.6) is 0 Å². The minimum Gasteiger partial charge on any atom is -0.391 e. The number of piperidine rings is 1. The van der Waals surface area contributed by atoms with E-state index in [1.165, 1.54) is 6.42 Å². The van der Waals surface area contributed by atoms with Gasteiger partial charge in [-0.3, -0.25) is 4.79 Å². The fraction of sp³-hybridized carbons (Fsp3) is 0.900. The third kappa shape index (κ3) is 1.85. The van der Waals surface area contributed by atoms with Crippen molar-refractivity contribution in [1.82, 2.24) is 4.90 Å². The summed E-state index contributed by atoms with van der Waals surface area (Å²) in [4.78, 5) is 13.6. The molecule has 0 unspecified atom stereocenters. The summed E-state index contributed by atoms with van der Waals surface area (Å²) in [7, 11) is 0. The average Bonchev–Trinajstić information content (AvgIpc) is 2.01. The highest BCUT2D eigenvalue weighted by Crippen LogP contribution is 2.29. The van der Waals surface area contributed by atoms with Gasteiger partial charge in [0.25, 0.3) is 0 Å². The van der Waals surface area contributed by atoms with Crippen molar-refractivity contribution < 1.29 is 9.90 Å². The Hall–Kier alpha value is -0.570. The number of aliphatic hydroxyl groups is 1. The van der Waals surface area contributed by atoms with E-state index in [-0.39, 0.29) is 17.9 Å². The summed E-state index contributed by atoms with van der Waals surface area (Å²) in [6, 6.07) is 0. The molecule has 0 bridgehead atoms. The van der Waals surface area contributed by atoms with Gasteiger partial charge in [0.15, 0.2) is 0 Å². The first kappa shape index (κ1) is 9.00. The topological polar surface area (TPSA) is 40.5 Å². The van der Waals surface area contributed by atoms with Crippen LogP contribution < -0.4 is 0 Å². The minimum absolute atomic E-state index is 0.280. The number of hydrogen-bond acceptors (Lipinski definition) is 2. The lowest BCUT2D eigenvalue weighted by molar-refractivity contribution is -0.141. The Morgan fingerprint density at radius 1 is 1.23 bits per heavy atom. The van der Waals surface area contributed by atoms with Crippen molar-refractivity contribution in [1.29, 1.82) is 0 Å². The molecule has 1 aliphatic carbocycles. The van der Waals surface area contributed by atoms with Gasteiger partial charge in [-0.2, -0.15) is 0 Å².